The molecule has 94 valence electrons. The Morgan fingerprint density at radius 2 is 1.61 bits per heavy atom. The monoisotopic (exact) mass is 281 g/mol. The maximum Gasteiger partial charge on any atom is 0.136 e. The van der Waals surface area contributed by atoms with Gasteiger partial charge in [0.2, 0.25) is 0 Å². The molecule has 0 saturated carbocycles. The zero-order valence-electron chi connectivity index (χ0n) is 9.64. The van der Waals surface area contributed by atoms with Crippen LogP contribution in [0, 0.1) is 0 Å². The van der Waals surface area contributed by atoms with Crippen LogP contribution in [0.4, 0.5) is 0 Å². The number of nitrogens with two attached hydrogens (primary N) is 1. The molecule has 0 aliphatic heterocycles. The summed E-state index contributed by atoms with van der Waals surface area (Å²) in [6.07, 6.45) is -0.208. The molecule has 0 amide bonds. The van der Waals surface area contributed by atoms with Crippen molar-refractivity contribution in [1.82, 2.24) is 0 Å². The maximum atomic E-state index is 5.93. The summed E-state index contributed by atoms with van der Waals surface area (Å²) in [6, 6.07) is 14.9. The van der Waals surface area contributed by atoms with Crippen molar-refractivity contribution in [3.05, 3.63) is 64.1 Å². The van der Waals surface area contributed by atoms with E-state index in [9.17, 15) is 0 Å². The molecular formula is C14H13Cl2NO. The Labute approximate surface area is 116 Å². The fraction of sp³-hybridized carbons (Fsp3) is 0.143. The van der Waals surface area contributed by atoms with E-state index >= 15 is 0 Å². The van der Waals surface area contributed by atoms with Gasteiger partial charge < -0.3 is 10.5 Å². The molecule has 1 atom stereocenters. The molecule has 0 fully saturated rings. The molecule has 0 aliphatic rings. The number of hydrogen-bond acceptors (Lipinski definition) is 2. The van der Waals surface area contributed by atoms with Crippen LogP contribution in [0.25, 0.3) is 0 Å². The maximum absolute atomic E-state index is 5.93. The Balaban J connectivity index is 2.20. The van der Waals surface area contributed by atoms with Crippen LogP contribution in [0.5, 0.6) is 5.75 Å². The minimum Gasteiger partial charge on any atom is -0.484 e. The van der Waals surface area contributed by atoms with Crippen LogP contribution in [-0.2, 0) is 0 Å². The lowest BCUT2D eigenvalue weighted by molar-refractivity contribution is 0.214. The van der Waals surface area contributed by atoms with Gasteiger partial charge in [-0.05, 0) is 23.8 Å². The van der Waals surface area contributed by atoms with E-state index in [2.05, 4.69) is 0 Å². The topological polar surface area (TPSA) is 35.2 Å². The van der Waals surface area contributed by atoms with Crippen LogP contribution in [0.3, 0.4) is 0 Å². The van der Waals surface area contributed by atoms with Gasteiger partial charge in [-0.3, -0.25) is 0 Å². The van der Waals surface area contributed by atoms with Crippen LogP contribution in [0.2, 0.25) is 10.0 Å². The van der Waals surface area contributed by atoms with Gasteiger partial charge in [0.15, 0.2) is 0 Å². The summed E-state index contributed by atoms with van der Waals surface area (Å²) in [5.41, 5.74) is 6.76. The van der Waals surface area contributed by atoms with E-state index in [1.807, 2.05) is 30.3 Å². The molecule has 2 rings (SSSR count). The number of ether oxygens (including phenoxy) is 1. The molecule has 0 aliphatic carbocycles. The van der Waals surface area contributed by atoms with Gasteiger partial charge in [-0.15, -0.1) is 0 Å². The summed E-state index contributed by atoms with van der Waals surface area (Å²) in [5, 5.41) is 1.09. The van der Waals surface area contributed by atoms with Crippen LogP contribution >= 0.6 is 23.2 Å². The van der Waals surface area contributed by atoms with Gasteiger partial charge in [0.1, 0.15) is 11.9 Å². The molecule has 2 N–H and O–H groups in total. The van der Waals surface area contributed by atoms with E-state index in [-0.39, 0.29) is 6.10 Å². The third-order valence-electron chi connectivity index (χ3n) is 2.50. The second-order valence-electron chi connectivity index (χ2n) is 3.86. The molecule has 18 heavy (non-hydrogen) atoms. The lowest BCUT2D eigenvalue weighted by Crippen LogP contribution is -2.18. The van der Waals surface area contributed by atoms with E-state index in [1.165, 1.54) is 0 Å². The Kier molecular flexibility index (Phi) is 4.48. The summed E-state index contributed by atoms with van der Waals surface area (Å²) in [6.45, 7) is 0.383. The van der Waals surface area contributed by atoms with E-state index in [1.54, 1.807) is 18.2 Å². The molecule has 0 aromatic heterocycles. The van der Waals surface area contributed by atoms with E-state index < -0.39 is 0 Å². The first kappa shape index (κ1) is 13.2. The van der Waals surface area contributed by atoms with Crippen LogP contribution in [0.1, 0.15) is 11.7 Å². The fourth-order valence-corrected chi connectivity index (χ4v) is 2.19. The Morgan fingerprint density at radius 1 is 1.00 bits per heavy atom. The number of halogens is 2. The average molecular weight is 282 g/mol. The zero-order chi connectivity index (χ0) is 13.0. The highest BCUT2D eigenvalue weighted by atomic mass is 35.5. The fourth-order valence-electron chi connectivity index (χ4n) is 1.68. The summed E-state index contributed by atoms with van der Waals surface area (Å²) in [7, 11) is 0. The van der Waals surface area contributed by atoms with E-state index in [0.29, 0.717) is 22.3 Å². The van der Waals surface area contributed by atoms with Gasteiger partial charge in [-0.25, -0.2) is 0 Å². The molecule has 4 heteroatoms. The van der Waals surface area contributed by atoms with Gasteiger partial charge in [0, 0.05) is 16.6 Å². The van der Waals surface area contributed by atoms with Crippen molar-refractivity contribution < 1.29 is 4.74 Å². The standard InChI is InChI=1S/C14H13Cl2NO/c15-11-6-12(16)8-13(7-11)18-14(9-17)10-4-2-1-3-5-10/h1-8,14H,9,17H2. The molecule has 0 radical (unpaired) electrons. The Hall–Kier alpha value is -1.22. The first-order valence-corrected chi connectivity index (χ1v) is 6.32. The molecule has 1 unspecified atom stereocenters. The second-order valence-corrected chi connectivity index (χ2v) is 4.73. The van der Waals surface area contributed by atoms with Crippen molar-refractivity contribution in [2.75, 3.05) is 6.54 Å². The summed E-state index contributed by atoms with van der Waals surface area (Å²) in [5.74, 6) is 0.617. The first-order chi connectivity index (χ1) is 8.69. The molecule has 0 spiro atoms. The van der Waals surface area contributed by atoms with Crippen LogP contribution < -0.4 is 10.5 Å². The van der Waals surface area contributed by atoms with Crippen LogP contribution in [0.15, 0.2) is 48.5 Å². The van der Waals surface area contributed by atoms with Crippen LogP contribution in [-0.4, -0.2) is 6.54 Å². The number of rotatable bonds is 4. The minimum atomic E-state index is -0.208. The summed E-state index contributed by atoms with van der Waals surface area (Å²) < 4.78 is 5.82. The molecular weight excluding hydrogens is 269 g/mol. The lowest BCUT2D eigenvalue weighted by atomic mass is 10.1. The van der Waals surface area contributed by atoms with Gasteiger partial charge in [0.25, 0.3) is 0 Å². The van der Waals surface area contributed by atoms with Crippen molar-refractivity contribution in [2.24, 2.45) is 5.73 Å². The smallest absolute Gasteiger partial charge is 0.136 e. The zero-order valence-corrected chi connectivity index (χ0v) is 11.2. The third kappa shape index (κ3) is 3.39. The van der Waals surface area contributed by atoms with Crippen molar-refractivity contribution in [1.29, 1.82) is 0 Å². The van der Waals surface area contributed by atoms with Gasteiger partial charge >= 0.3 is 0 Å². The normalized spacial score (nSPS) is 12.2. The summed E-state index contributed by atoms with van der Waals surface area (Å²) >= 11 is 11.9. The first-order valence-electron chi connectivity index (χ1n) is 5.57. The average Bonchev–Trinajstić information content (AvgIpc) is 2.36. The molecule has 2 aromatic rings. The van der Waals surface area contributed by atoms with Gasteiger partial charge in [-0.2, -0.15) is 0 Å². The SMILES string of the molecule is NCC(Oc1cc(Cl)cc(Cl)c1)c1ccccc1. The largest absolute Gasteiger partial charge is 0.484 e. The van der Waals surface area contributed by atoms with Crippen molar-refractivity contribution >= 4 is 23.2 Å². The van der Waals surface area contributed by atoms with E-state index in [0.717, 1.165) is 5.56 Å². The van der Waals surface area contributed by atoms with Crippen molar-refractivity contribution in [3.63, 3.8) is 0 Å². The highest BCUT2D eigenvalue weighted by molar-refractivity contribution is 6.34. The molecule has 2 aromatic carbocycles. The van der Waals surface area contributed by atoms with Crippen molar-refractivity contribution in [3.8, 4) is 5.75 Å². The second kappa shape index (κ2) is 6.10. The predicted molar refractivity (Wildman–Crippen MR) is 75.3 cm³/mol. The minimum absolute atomic E-state index is 0.208. The highest BCUT2D eigenvalue weighted by Crippen LogP contribution is 2.27. The molecule has 0 saturated heterocycles. The highest BCUT2D eigenvalue weighted by Gasteiger charge is 2.11. The van der Waals surface area contributed by atoms with E-state index in [4.69, 9.17) is 33.7 Å². The molecule has 2 nitrogen and oxygen atoms in total. The quantitative estimate of drug-likeness (QED) is 0.917. The molecule has 0 bridgehead atoms. The molecule has 0 heterocycles. The number of hydrogen-bond donors (Lipinski definition) is 1. The van der Waals surface area contributed by atoms with Gasteiger partial charge in [-0.1, -0.05) is 53.5 Å². The van der Waals surface area contributed by atoms with Gasteiger partial charge in [0.05, 0.1) is 0 Å². The predicted octanol–water partition coefficient (Wildman–Crippen LogP) is 4.07. The lowest BCUT2D eigenvalue weighted by Gasteiger charge is -2.18. The number of benzene rings is 2. The third-order valence-corrected chi connectivity index (χ3v) is 2.94. The Bertz CT molecular complexity index is 496. The summed E-state index contributed by atoms with van der Waals surface area (Å²) in [4.78, 5) is 0. The van der Waals surface area contributed by atoms with Crippen molar-refractivity contribution in [2.45, 2.75) is 6.10 Å². The Morgan fingerprint density at radius 3 is 2.17 bits per heavy atom.